The van der Waals surface area contributed by atoms with E-state index in [1.807, 2.05) is 30.3 Å². The van der Waals surface area contributed by atoms with E-state index in [0.29, 0.717) is 0 Å². The SMILES string of the molecule is CCCCCCCCCCCCCCCCCCCCCCS(c1ccccc1)=P(O)(O)S. The molecule has 0 aliphatic heterocycles. The van der Waals surface area contributed by atoms with Crippen molar-refractivity contribution in [2.45, 2.75) is 140 Å². The predicted molar refractivity (Wildman–Crippen MR) is 155 cm³/mol. The molecule has 0 bridgehead atoms. The van der Waals surface area contributed by atoms with Crippen LogP contribution in [0, 0.1) is 0 Å². The van der Waals surface area contributed by atoms with Gasteiger partial charge in [0.05, 0.1) is 0 Å². The first-order chi connectivity index (χ1) is 16.1. The molecule has 0 saturated heterocycles. The molecule has 0 amide bonds. The maximum atomic E-state index is 10.1. The van der Waals surface area contributed by atoms with Crippen LogP contribution in [0.2, 0.25) is 0 Å². The molecule has 2 nitrogen and oxygen atoms in total. The highest BCUT2D eigenvalue weighted by Crippen LogP contribution is 2.49. The molecule has 1 atom stereocenters. The summed E-state index contributed by atoms with van der Waals surface area (Å²) >= 11 is 4.14. The van der Waals surface area contributed by atoms with Gasteiger partial charge in [0.15, 0.2) is 0 Å². The van der Waals surface area contributed by atoms with Gasteiger partial charge in [-0.25, -0.2) is 0 Å². The van der Waals surface area contributed by atoms with Crippen molar-refractivity contribution >= 4 is 28.0 Å². The summed E-state index contributed by atoms with van der Waals surface area (Å²) in [6.07, 6.45) is 27.6. The Balaban J connectivity index is 1.87. The maximum absolute atomic E-state index is 10.1. The zero-order chi connectivity index (χ0) is 24.0. The van der Waals surface area contributed by atoms with Gasteiger partial charge in [-0.2, -0.15) is 0 Å². The highest BCUT2D eigenvalue weighted by Gasteiger charge is 2.12. The van der Waals surface area contributed by atoms with Gasteiger partial charge in [0, 0.05) is 4.90 Å². The lowest BCUT2D eigenvalue weighted by atomic mass is 10.0. The quantitative estimate of drug-likeness (QED) is 0.0815. The molecular weight excluding hydrogens is 463 g/mol. The van der Waals surface area contributed by atoms with Crippen molar-refractivity contribution in [1.29, 1.82) is 0 Å². The van der Waals surface area contributed by atoms with Gasteiger partial charge in [-0.3, -0.25) is 0 Å². The number of hydrogen-bond donors (Lipinski definition) is 3. The molecule has 0 aliphatic carbocycles. The van der Waals surface area contributed by atoms with Crippen LogP contribution in [0.1, 0.15) is 135 Å². The summed E-state index contributed by atoms with van der Waals surface area (Å²) in [5, 5.41) is 0. The molecule has 0 radical (unpaired) electrons. The molecule has 0 fully saturated rings. The molecule has 33 heavy (non-hydrogen) atoms. The van der Waals surface area contributed by atoms with Crippen molar-refractivity contribution in [2.24, 2.45) is 0 Å². The van der Waals surface area contributed by atoms with Gasteiger partial charge in [-0.05, 0) is 24.3 Å². The summed E-state index contributed by atoms with van der Waals surface area (Å²) in [4.78, 5) is 21.3. The number of benzene rings is 1. The highest BCUT2D eigenvalue weighted by molar-refractivity contribution is 8.65. The Morgan fingerprint density at radius 1 is 0.576 bits per heavy atom. The summed E-state index contributed by atoms with van der Waals surface area (Å²) in [5.41, 5.74) is -3.12. The summed E-state index contributed by atoms with van der Waals surface area (Å²) < 4.78 is 0. The van der Waals surface area contributed by atoms with Crippen LogP contribution in [-0.4, -0.2) is 15.5 Å². The van der Waals surface area contributed by atoms with Crippen LogP contribution in [-0.2, 0) is 10.1 Å². The second-order valence-electron chi connectivity index (χ2n) is 9.61. The van der Waals surface area contributed by atoms with Crippen molar-refractivity contribution in [2.75, 3.05) is 5.75 Å². The molecule has 194 valence electrons. The average Bonchev–Trinajstić information content (AvgIpc) is 2.80. The van der Waals surface area contributed by atoms with Crippen LogP contribution in [0.25, 0.3) is 0 Å². The summed E-state index contributed by atoms with van der Waals surface area (Å²) in [6.45, 7) is 2.29. The van der Waals surface area contributed by atoms with Crippen LogP contribution in [0.15, 0.2) is 35.2 Å². The van der Waals surface area contributed by atoms with Gasteiger partial charge in [-0.1, -0.05) is 159 Å². The standard InChI is InChI=1S/C28H53O2PS2/c1-2-3-4-5-6-7-8-9-10-11-12-13-14-15-16-17-18-19-20-24-27-33(31(29,30)32)28-25-22-21-23-26-28/h21-23,25-26,29-30,32H,2-20,24,27H2,1H3. The van der Waals surface area contributed by atoms with Crippen molar-refractivity contribution in [3.8, 4) is 0 Å². The highest BCUT2D eigenvalue weighted by atomic mass is 32.9. The van der Waals surface area contributed by atoms with E-state index < -0.39 is 15.8 Å². The average molecular weight is 517 g/mol. The van der Waals surface area contributed by atoms with E-state index in [4.69, 9.17) is 0 Å². The molecule has 0 aromatic heterocycles. The number of thiol groups is 1. The van der Waals surface area contributed by atoms with Gasteiger partial charge >= 0.3 is 0 Å². The lowest BCUT2D eigenvalue weighted by molar-refractivity contribution is 0.502. The van der Waals surface area contributed by atoms with E-state index in [-0.39, 0.29) is 0 Å². The van der Waals surface area contributed by atoms with E-state index in [1.165, 1.54) is 122 Å². The molecule has 0 spiro atoms. The lowest BCUT2D eigenvalue weighted by Crippen LogP contribution is -2.00. The Kier molecular flexibility index (Phi) is 20.4. The second-order valence-corrected chi connectivity index (χ2v) is 17.6. The Morgan fingerprint density at radius 3 is 1.24 bits per heavy atom. The van der Waals surface area contributed by atoms with E-state index in [9.17, 15) is 9.79 Å². The lowest BCUT2D eigenvalue weighted by Gasteiger charge is -2.16. The van der Waals surface area contributed by atoms with Crippen LogP contribution in [0.3, 0.4) is 0 Å². The van der Waals surface area contributed by atoms with Crippen LogP contribution in [0.4, 0.5) is 0 Å². The minimum absolute atomic E-state index is 0.538. The minimum Gasteiger partial charge on any atom is -0.341 e. The van der Waals surface area contributed by atoms with Crippen molar-refractivity contribution in [3.63, 3.8) is 0 Å². The van der Waals surface area contributed by atoms with Gasteiger partial charge < -0.3 is 9.79 Å². The van der Waals surface area contributed by atoms with E-state index in [1.54, 1.807) is 0 Å². The molecule has 0 heterocycles. The zero-order valence-electron chi connectivity index (χ0n) is 21.4. The molecule has 0 aliphatic rings. The summed E-state index contributed by atoms with van der Waals surface area (Å²) in [6, 6.07) is 9.90. The van der Waals surface area contributed by atoms with Crippen molar-refractivity contribution in [3.05, 3.63) is 30.3 Å². The van der Waals surface area contributed by atoms with E-state index in [0.717, 1.165) is 17.1 Å². The van der Waals surface area contributed by atoms with Gasteiger partial charge in [0.25, 0.3) is 0 Å². The van der Waals surface area contributed by atoms with Crippen LogP contribution >= 0.6 is 17.9 Å². The first kappa shape index (κ1) is 31.3. The van der Waals surface area contributed by atoms with Gasteiger partial charge in [-0.15, -0.1) is 10.1 Å². The Hall–Kier alpha value is 0.270. The largest absolute Gasteiger partial charge is 0.341 e. The molecule has 1 aromatic rings. The number of hydrogen-bond acceptors (Lipinski definition) is 0. The zero-order valence-corrected chi connectivity index (χ0v) is 24.0. The van der Waals surface area contributed by atoms with Crippen molar-refractivity contribution in [1.82, 2.24) is 0 Å². The van der Waals surface area contributed by atoms with Crippen LogP contribution in [0.5, 0.6) is 0 Å². The normalized spacial score (nSPS) is 12.8. The third kappa shape index (κ3) is 18.2. The predicted octanol–water partition coefficient (Wildman–Crippen LogP) is 10.1. The fourth-order valence-corrected chi connectivity index (χ4v) is 10.1. The second kappa shape index (κ2) is 21.5. The Morgan fingerprint density at radius 2 is 0.909 bits per heavy atom. The smallest absolute Gasteiger partial charge is 0.203 e. The van der Waals surface area contributed by atoms with Crippen molar-refractivity contribution < 1.29 is 9.79 Å². The fraction of sp³-hybridized carbons (Fsp3) is 0.786. The van der Waals surface area contributed by atoms with E-state index >= 15 is 0 Å². The van der Waals surface area contributed by atoms with Gasteiger partial charge in [0.1, 0.15) is 0 Å². The first-order valence-corrected chi connectivity index (χ1v) is 18.7. The third-order valence-corrected chi connectivity index (χ3v) is 13.3. The fourth-order valence-electron chi connectivity index (χ4n) is 4.45. The Bertz CT molecular complexity index is 607. The summed E-state index contributed by atoms with van der Waals surface area (Å²) in [7, 11) is -0.538. The monoisotopic (exact) mass is 516 g/mol. The molecule has 1 aromatic carbocycles. The van der Waals surface area contributed by atoms with E-state index in [2.05, 4.69) is 19.2 Å². The molecule has 1 rings (SSSR count). The van der Waals surface area contributed by atoms with Gasteiger partial charge in [0.2, 0.25) is 5.69 Å². The molecule has 0 saturated carbocycles. The third-order valence-electron chi connectivity index (χ3n) is 6.50. The Labute approximate surface area is 213 Å². The molecule has 2 N–H and O–H groups in total. The number of unbranched alkanes of at least 4 members (excludes halogenated alkanes) is 19. The topological polar surface area (TPSA) is 40.5 Å². The first-order valence-electron chi connectivity index (χ1n) is 13.9. The van der Waals surface area contributed by atoms with Crippen LogP contribution < -0.4 is 0 Å². The molecule has 1 unspecified atom stereocenters. The summed E-state index contributed by atoms with van der Waals surface area (Å²) in [5.74, 6) is 0.841. The molecule has 5 heteroatoms. The maximum Gasteiger partial charge on any atom is 0.203 e. The number of rotatable bonds is 22. The minimum atomic E-state index is -3.12. The molecular formula is C28H53O2PS2.